The maximum absolute atomic E-state index is 13.7. The summed E-state index contributed by atoms with van der Waals surface area (Å²) in [6.45, 7) is 1.68. The fourth-order valence-corrected chi connectivity index (χ4v) is 5.80. The number of para-hydroxylation sites is 1. The van der Waals surface area contributed by atoms with Crippen LogP contribution in [0.4, 0.5) is 5.69 Å². The van der Waals surface area contributed by atoms with Crippen LogP contribution in [0.3, 0.4) is 0 Å². The summed E-state index contributed by atoms with van der Waals surface area (Å²) in [5.74, 6) is -2.13. The lowest BCUT2D eigenvalue weighted by Gasteiger charge is -2.30. The van der Waals surface area contributed by atoms with Gasteiger partial charge in [-0.2, -0.15) is 0 Å². The van der Waals surface area contributed by atoms with Crippen LogP contribution in [0.1, 0.15) is 18.1 Å². The van der Waals surface area contributed by atoms with Crippen molar-refractivity contribution in [2.24, 2.45) is 11.8 Å². The van der Waals surface area contributed by atoms with Crippen LogP contribution in [-0.2, 0) is 26.5 Å². The Labute approximate surface area is 193 Å². The predicted octanol–water partition coefficient (Wildman–Crippen LogP) is 1.37. The lowest BCUT2D eigenvalue weighted by Crippen LogP contribution is -2.54. The van der Waals surface area contributed by atoms with Gasteiger partial charge in [-0.1, -0.05) is 29.8 Å². The Morgan fingerprint density at radius 2 is 1.97 bits per heavy atom. The zero-order valence-electron chi connectivity index (χ0n) is 17.5. The molecule has 5 atom stereocenters. The van der Waals surface area contributed by atoms with E-state index >= 15 is 0 Å². The largest absolute Gasteiger partial charge is 0.454 e. The van der Waals surface area contributed by atoms with E-state index in [1.165, 1.54) is 11.8 Å². The quantitative estimate of drug-likeness (QED) is 0.581. The summed E-state index contributed by atoms with van der Waals surface area (Å²) in [4.78, 5) is 41.7. The molecule has 4 aliphatic rings. The zero-order valence-corrected chi connectivity index (χ0v) is 18.3. The number of aliphatic hydroxyl groups excluding tert-OH is 1. The molecule has 10 heteroatoms. The first-order valence-corrected chi connectivity index (χ1v) is 11.0. The minimum absolute atomic E-state index is 0.0218. The van der Waals surface area contributed by atoms with E-state index in [1.807, 2.05) is 0 Å². The second-order valence-electron chi connectivity index (χ2n) is 8.79. The van der Waals surface area contributed by atoms with Gasteiger partial charge >= 0.3 is 0 Å². The smallest absolute Gasteiger partial charge is 0.250 e. The highest BCUT2D eigenvalue weighted by molar-refractivity contribution is 6.35. The average molecular weight is 470 g/mol. The van der Waals surface area contributed by atoms with E-state index < -0.39 is 47.2 Å². The van der Waals surface area contributed by atoms with Gasteiger partial charge < -0.3 is 19.9 Å². The SMILES string of the molecule is C[C@H](O)[C@@H]1N[C@]2(C(=O)Nc3c(Cl)cccc32)[C@@H]2C(=O)N(Cc3ccc4c(c3)OCO4)C(=O)[C@@H]12. The Morgan fingerprint density at radius 1 is 1.18 bits per heavy atom. The number of nitrogens with one attached hydrogen (secondary N) is 2. The highest BCUT2D eigenvalue weighted by Crippen LogP contribution is 2.54. The second kappa shape index (κ2) is 6.93. The number of nitrogens with zero attached hydrogens (tertiary/aromatic N) is 1. The van der Waals surface area contributed by atoms with Crippen LogP contribution in [0.2, 0.25) is 5.02 Å². The molecular formula is C23H20ClN3O6. The number of fused-ring (bicyclic) bond motifs is 5. The van der Waals surface area contributed by atoms with Crippen LogP contribution >= 0.6 is 11.6 Å². The van der Waals surface area contributed by atoms with E-state index in [-0.39, 0.29) is 13.3 Å². The van der Waals surface area contributed by atoms with Gasteiger partial charge in [-0.25, -0.2) is 0 Å². The van der Waals surface area contributed by atoms with Gasteiger partial charge in [0, 0.05) is 11.6 Å². The molecule has 0 bridgehead atoms. The molecule has 3 N–H and O–H groups in total. The topological polar surface area (TPSA) is 117 Å². The van der Waals surface area contributed by atoms with Crippen LogP contribution in [0.15, 0.2) is 36.4 Å². The van der Waals surface area contributed by atoms with Gasteiger partial charge in [0.05, 0.1) is 35.2 Å². The van der Waals surface area contributed by atoms with Gasteiger partial charge in [0.1, 0.15) is 5.54 Å². The molecule has 9 nitrogen and oxygen atoms in total. The molecule has 0 aliphatic carbocycles. The first-order chi connectivity index (χ1) is 15.8. The number of halogens is 1. The van der Waals surface area contributed by atoms with Crippen molar-refractivity contribution in [3.8, 4) is 11.5 Å². The molecule has 4 aliphatic heterocycles. The maximum atomic E-state index is 13.7. The van der Waals surface area contributed by atoms with E-state index in [1.54, 1.807) is 36.4 Å². The number of ether oxygens (including phenoxy) is 2. The van der Waals surface area contributed by atoms with E-state index in [0.717, 1.165) is 0 Å². The van der Waals surface area contributed by atoms with Gasteiger partial charge in [-0.3, -0.25) is 24.6 Å². The molecule has 1 spiro atoms. The number of likely N-dealkylation sites (tertiary alicyclic amines) is 1. The molecule has 170 valence electrons. The summed E-state index contributed by atoms with van der Waals surface area (Å²) in [5.41, 5.74) is 0.111. The van der Waals surface area contributed by atoms with E-state index in [0.29, 0.717) is 33.3 Å². The van der Waals surface area contributed by atoms with E-state index in [9.17, 15) is 19.5 Å². The lowest BCUT2D eigenvalue weighted by atomic mass is 9.76. The van der Waals surface area contributed by atoms with Gasteiger partial charge in [-0.05, 0) is 30.7 Å². The van der Waals surface area contributed by atoms with Crippen molar-refractivity contribution in [1.29, 1.82) is 0 Å². The third-order valence-electron chi connectivity index (χ3n) is 7.02. The molecule has 2 saturated heterocycles. The summed E-state index contributed by atoms with van der Waals surface area (Å²) < 4.78 is 10.7. The Bertz CT molecular complexity index is 1230. The van der Waals surface area contributed by atoms with Crippen LogP contribution in [0.5, 0.6) is 11.5 Å². The number of hydrogen-bond acceptors (Lipinski definition) is 7. The number of aliphatic hydroxyl groups is 1. The van der Waals surface area contributed by atoms with Crippen molar-refractivity contribution < 1.29 is 29.0 Å². The summed E-state index contributed by atoms with van der Waals surface area (Å²) in [6, 6.07) is 9.49. The molecule has 4 heterocycles. The van der Waals surface area contributed by atoms with Crippen molar-refractivity contribution in [3.05, 3.63) is 52.5 Å². The second-order valence-corrected chi connectivity index (χ2v) is 9.20. The van der Waals surface area contributed by atoms with Crippen LogP contribution in [-0.4, -0.2) is 46.7 Å². The molecule has 0 saturated carbocycles. The molecule has 33 heavy (non-hydrogen) atoms. The molecule has 2 aromatic carbocycles. The van der Waals surface area contributed by atoms with E-state index in [2.05, 4.69) is 10.6 Å². The summed E-state index contributed by atoms with van der Waals surface area (Å²) in [5, 5.41) is 16.7. The molecule has 0 radical (unpaired) electrons. The summed E-state index contributed by atoms with van der Waals surface area (Å²) in [6.07, 6.45) is -0.977. The number of imide groups is 1. The fourth-order valence-electron chi connectivity index (χ4n) is 5.58. The molecule has 3 amide bonds. The monoisotopic (exact) mass is 469 g/mol. The molecule has 0 aromatic heterocycles. The van der Waals surface area contributed by atoms with Crippen LogP contribution in [0.25, 0.3) is 0 Å². The number of amides is 3. The lowest BCUT2D eigenvalue weighted by molar-refractivity contribution is -0.143. The number of carbonyl (C=O) groups excluding carboxylic acids is 3. The van der Waals surface area contributed by atoms with Gasteiger partial charge in [0.15, 0.2) is 11.5 Å². The van der Waals surface area contributed by atoms with Crippen molar-refractivity contribution in [1.82, 2.24) is 10.2 Å². The molecule has 2 fully saturated rings. The number of rotatable bonds is 3. The first kappa shape index (κ1) is 20.5. The van der Waals surface area contributed by atoms with Gasteiger partial charge in [-0.15, -0.1) is 0 Å². The van der Waals surface area contributed by atoms with E-state index in [4.69, 9.17) is 21.1 Å². The van der Waals surface area contributed by atoms with Crippen LogP contribution in [0, 0.1) is 11.8 Å². The molecular weight excluding hydrogens is 450 g/mol. The van der Waals surface area contributed by atoms with Crippen molar-refractivity contribution in [2.75, 3.05) is 12.1 Å². The minimum atomic E-state index is -1.50. The predicted molar refractivity (Wildman–Crippen MR) is 115 cm³/mol. The maximum Gasteiger partial charge on any atom is 0.250 e. The standard InChI is InChI=1S/C23H20ClN3O6/c1-10(28)18-16-17(23(26-18)12-3-2-4-13(24)19(12)25-22(23)31)21(30)27(20(16)29)8-11-5-6-14-15(7-11)33-9-32-14/h2-7,10,16-18,26,28H,8-9H2,1H3,(H,25,31)/t10-,16+,17-,18-,23-/m0/s1. The van der Waals surface area contributed by atoms with Crippen molar-refractivity contribution in [3.63, 3.8) is 0 Å². The number of hydrogen-bond donors (Lipinski definition) is 3. The first-order valence-electron chi connectivity index (χ1n) is 10.6. The molecule has 2 aromatic rings. The van der Waals surface area contributed by atoms with Crippen molar-refractivity contribution in [2.45, 2.75) is 31.2 Å². The number of carbonyl (C=O) groups is 3. The minimum Gasteiger partial charge on any atom is -0.454 e. The van der Waals surface area contributed by atoms with Gasteiger partial charge in [0.25, 0.3) is 0 Å². The highest BCUT2D eigenvalue weighted by atomic mass is 35.5. The van der Waals surface area contributed by atoms with Crippen LogP contribution < -0.4 is 20.1 Å². The third-order valence-corrected chi connectivity index (χ3v) is 7.34. The Balaban J connectivity index is 1.43. The third kappa shape index (κ3) is 2.64. The average Bonchev–Trinajstić information content (AvgIpc) is 3.51. The Kier molecular flexibility index (Phi) is 4.30. The molecule has 6 rings (SSSR count). The summed E-state index contributed by atoms with van der Waals surface area (Å²) in [7, 11) is 0. The van der Waals surface area contributed by atoms with Gasteiger partial charge in [0.2, 0.25) is 24.5 Å². The Hall–Kier alpha value is -3.14. The molecule has 0 unspecified atom stereocenters. The number of benzene rings is 2. The zero-order chi connectivity index (χ0) is 23.1. The fraction of sp³-hybridized carbons (Fsp3) is 0.348. The number of anilines is 1. The van der Waals surface area contributed by atoms with Crippen molar-refractivity contribution >= 4 is 35.0 Å². The summed E-state index contributed by atoms with van der Waals surface area (Å²) >= 11 is 6.31. The highest BCUT2D eigenvalue weighted by Gasteiger charge is 2.71. The Morgan fingerprint density at radius 3 is 2.76 bits per heavy atom. The normalized spacial score (nSPS) is 30.1.